The minimum Gasteiger partial charge on any atom is -0.507 e. The Balaban J connectivity index is 1.95. The van der Waals surface area contributed by atoms with Crippen molar-refractivity contribution in [2.45, 2.75) is 45.2 Å². The van der Waals surface area contributed by atoms with Gasteiger partial charge >= 0.3 is 5.97 Å². The van der Waals surface area contributed by atoms with E-state index in [2.05, 4.69) is 0 Å². The Kier molecular flexibility index (Phi) is 4.83. The third-order valence-corrected chi connectivity index (χ3v) is 3.93. The van der Waals surface area contributed by atoms with E-state index < -0.39 is 5.97 Å². The standard InChI is InChI=1S/C16H21NO4/c1-11-6-5-7-12(2)17(11)15(19)10-21-16(20)13-8-3-4-9-14(13)18/h3-4,8-9,11-12,18H,5-7,10H2,1-2H3/t11-,12+. The molecule has 1 aliphatic heterocycles. The minimum atomic E-state index is -0.682. The summed E-state index contributed by atoms with van der Waals surface area (Å²) in [6, 6.07) is 6.47. The van der Waals surface area contributed by atoms with Crippen LogP contribution in [0.25, 0.3) is 0 Å². The lowest BCUT2D eigenvalue weighted by Gasteiger charge is -2.38. The van der Waals surface area contributed by atoms with Crippen LogP contribution in [0.1, 0.15) is 43.5 Å². The minimum absolute atomic E-state index is 0.0741. The number of aromatic hydroxyl groups is 1. The number of phenolic OH excluding ortho intramolecular Hbond substituents is 1. The Bertz CT molecular complexity index is 519. The maximum absolute atomic E-state index is 12.2. The first-order valence-corrected chi connectivity index (χ1v) is 7.27. The molecule has 1 N–H and O–H groups in total. The molecule has 5 heteroatoms. The van der Waals surface area contributed by atoms with E-state index in [1.165, 1.54) is 12.1 Å². The molecule has 1 saturated heterocycles. The Hall–Kier alpha value is -2.04. The highest BCUT2D eigenvalue weighted by atomic mass is 16.5. The summed E-state index contributed by atoms with van der Waals surface area (Å²) in [6.45, 7) is 3.73. The van der Waals surface area contributed by atoms with E-state index >= 15 is 0 Å². The molecule has 0 bridgehead atoms. The molecule has 0 aromatic heterocycles. The van der Waals surface area contributed by atoms with Crippen LogP contribution in [-0.4, -0.2) is 40.6 Å². The molecule has 21 heavy (non-hydrogen) atoms. The molecule has 2 rings (SSSR count). The number of nitrogens with zero attached hydrogens (tertiary/aromatic N) is 1. The number of piperidine rings is 1. The molecule has 1 aliphatic rings. The number of hydrogen-bond acceptors (Lipinski definition) is 4. The number of hydrogen-bond donors (Lipinski definition) is 1. The summed E-state index contributed by atoms with van der Waals surface area (Å²) in [4.78, 5) is 25.9. The van der Waals surface area contributed by atoms with Gasteiger partial charge in [-0.1, -0.05) is 12.1 Å². The molecule has 0 unspecified atom stereocenters. The van der Waals surface area contributed by atoms with Gasteiger partial charge in [0, 0.05) is 12.1 Å². The van der Waals surface area contributed by atoms with E-state index in [0.29, 0.717) is 0 Å². The lowest BCUT2D eigenvalue weighted by Crippen LogP contribution is -2.49. The predicted octanol–water partition coefficient (Wildman–Crippen LogP) is 2.34. The Morgan fingerprint density at radius 2 is 1.86 bits per heavy atom. The van der Waals surface area contributed by atoms with Gasteiger partial charge in [-0.2, -0.15) is 0 Å². The van der Waals surface area contributed by atoms with Gasteiger partial charge in [-0.3, -0.25) is 4.79 Å². The third kappa shape index (κ3) is 3.54. The fourth-order valence-electron chi connectivity index (χ4n) is 2.84. The van der Waals surface area contributed by atoms with Crippen LogP contribution in [0.5, 0.6) is 5.75 Å². The molecule has 1 aromatic carbocycles. The maximum atomic E-state index is 12.2. The van der Waals surface area contributed by atoms with Crippen LogP contribution >= 0.6 is 0 Å². The Morgan fingerprint density at radius 3 is 2.48 bits per heavy atom. The molecule has 0 aliphatic carbocycles. The smallest absolute Gasteiger partial charge is 0.342 e. The number of ether oxygens (including phenoxy) is 1. The molecule has 0 radical (unpaired) electrons. The Labute approximate surface area is 124 Å². The van der Waals surface area contributed by atoms with Crippen molar-refractivity contribution in [1.29, 1.82) is 0 Å². The zero-order valence-electron chi connectivity index (χ0n) is 12.4. The average Bonchev–Trinajstić information content (AvgIpc) is 2.45. The molecule has 1 aromatic rings. The highest BCUT2D eigenvalue weighted by Gasteiger charge is 2.29. The van der Waals surface area contributed by atoms with Crippen molar-refractivity contribution in [2.75, 3.05) is 6.61 Å². The largest absolute Gasteiger partial charge is 0.507 e. The zero-order valence-corrected chi connectivity index (χ0v) is 12.4. The van der Waals surface area contributed by atoms with Crippen molar-refractivity contribution < 1.29 is 19.4 Å². The fourth-order valence-corrected chi connectivity index (χ4v) is 2.84. The van der Waals surface area contributed by atoms with Crippen molar-refractivity contribution >= 4 is 11.9 Å². The number of benzene rings is 1. The van der Waals surface area contributed by atoms with Gasteiger partial charge in [0.25, 0.3) is 5.91 Å². The SMILES string of the molecule is C[C@@H]1CCC[C@H](C)N1C(=O)COC(=O)c1ccccc1O. The maximum Gasteiger partial charge on any atom is 0.342 e. The molecule has 1 heterocycles. The van der Waals surface area contributed by atoms with Crippen LogP contribution in [0.3, 0.4) is 0 Å². The quantitative estimate of drug-likeness (QED) is 0.868. The highest BCUT2D eigenvalue weighted by Crippen LogP contribution is 2.23. The van der Waals surface area contributed by atoms with Crippen molar-refractivity contribution in [3.63, 3.8) is 0 Å². The van der Waals surface area contributed by atoms with Crippen LogP contribution in [0.4, 0.5) is 0 Å². The van der Waals surface area contributed by atoms with Crippen molar-refractivity contribution in [3.8, 4) is 5.75 Å². The summed E-state index contributed by atoms with van der Waals surface area (Å²) in [6.07, 6.45) is 3.07. The number of carbonyl (C=O) groups excluding carboxylic acids is 2. The molecule has 0 saturated carbocycles. The molecule has 1 fully saturated rings. The number of phenols is 1. The van der Waals surface area contributed by atoms with Gasteiger partial charge in [-0.15, -0.1) is 0 Å². The van der Waals surface area contributed by atoms with E-state index in [1.54, 1.807) is 17.0 Å². The number of carbonyl (C=O) groups is 2. The van der Waals surface area contributed by atoms with Crippen molar-refractivity contribution in [1.82, 2.24) is 4.90 Å². The van der Waals surface area contributed by atoms with E-state index in [9.17, 15) is 14.7 Å². The van der Waals surface area contributed by atoms with Crippen LogP contribution in [0.2, 0.25) is 0 Å². The van der Waals surface area contributed by atoms with Crippen molar-refractivity contribution in [3.05, 3.63) is 29.8 Å². The summed E-state index contributed by atoms with van der Waals surface area (Å²) in [5.74, 6) is -1.01. The number of para-hydroxylation sites is 1. The first kappa shape index (κ1) is 15.4. The lowest BCUT2D eigenvalue weighted by molar-refractivity contribution is -0.140. The second kappa shape index (κ2) is 6.61. The second-order valence-electron chi connectivity index (χ2n) is 5.52. The number of rotatable bonds is 3. The fraction of sp³-hybridized carbons (Fsp3) is 0.500. The number of likely N-dealkylation sites (tertiary alicyclic amines) is 1. The van der Waals surface area contributed by atoms with Gasteiger partial charge in [0.15, 0.2) is 6.61 Å². The normalized spacial score (nSPS) is 21.9. The van der Waals surface area contributed by atoms with Gasteiger partial charge in [0.05, 0.1) is 0 Å². The molecule has 0 spiro atoms. The van der Waals surface area contributed by atoms with E-state index in [4.69, 9.17) is 4.74 Å². The molecular formula is C16H21NO4. The lowest BCUT2D eigenvalue weighted by atomic mass is 9.97. The van der Waals surface area contributed by atoms with Crippen molar-refractivity contribution in [2.24, 2.45) is 0 Å². The van der Waals surface area contributed by atoms with Crippen LogP contribution in [0, 0.1) is 0 Å². The summed E-state index contributed by atoms with van der Waals surface area (Å²) in [5, 5.41) is 9.58. The second-order valence-corrected chi connectivity index (χ2v) is 5.52. The molecule has 1 amide bonds. The van der Waals surface area contributed by atoms with E-state index in [1.807, 2.05) is 13.8 Å². The highest BCUT2D eigenvalue weighted by molar-refractivity contribution is 5.93. The summed E-state index contributed by atoms with van der Waals surface area (Å²) in [7, 11) is 0. The van der Waals surface area contributed by atoms with Gasteiger partial charge in [-0.25, -0.2) is 4.79 Å². The third-order valence-electron chi connectivity index (χ3n) is 3.93. The van der Waals surface area contributed by atoms with Gasteiger partial charge in [-0.05, 0) is 45.2 Å². The van der Waals surface area contributed by atoms with E-state index in [-0.39, 0.29) is 35.9 Å². The summed E-state index contributed by atoms with van der Waals surface area (Å²) in [5.41, 5.74) is 0.0741. The monoisotopic (exact) mass is 291 g/mol. The number of esters is 1. The van der Waals surface area contributed by atoms with Crippen LogP contribution < -0.4 is 0 Å². The molecular weight excluding hydrogens is 270 g/mol. The average molecular weight is 291 g/mol. The van der Waals surface area contributed by atoms with Gasteiger partial charge in [0.1, 0.15) is 11.3 Å². The molecule has 114 valence electrons. The van der Waals surface area contributed by atoms with E-state index in [0.717, 1.165) is 19.3 Å². The topological polar surface area (TPSA) is 66.8 Å². The van der Waals surface area contributed by atoms with Gasteiger partial charge < -0.3 is 14.7 Å². The van der Waals surface area contributed by atoms with Gasteiger partial charge in [0.2, 0.25) is 0 Å². The Morgan fingerprint density at radius 1 is 1.24 bits per heavy atom. The van der Waals surface area contributed by atoms with Crippen LogP contribution in [-0.2, 0) is 9.53 Å². The summed E-state index contributed by atoms with van der Waals surface area (Å²) < 4.78 is 5.03. The number of amides is 1. The predicted molar refractivity (Wildman–Crippen MR) is 78.0 cm³/mol. The zero-order chi connectivity index (χ0) is 15.4. The summed E-state index contributed by atoms with van der Waals surface area (Å²) >= 11 is 0. The van der Waals surface area contributed by atoms with Crippen LogP contribution in [0.15, 0.2) is 24.3 Å². The first-order valence-electron chi connectivity index (χ1n) is 7.27. The molecule has 5 nitrogen and oxygen atoms in total. The first-order chi connectivity index (χ1) is 10.0. The molecule has 2 atom stereocenters.